The van der Waals surface area contributed by atoms with Crippen LogP contribution in [0.4, 0.5) is 14.9 Å². The minimum Gasteiger partial charge on any atom is -0.480 e. The van der Waals surface area contributed by atoms with Gasteiger partial charge in [0.2, 0.25) is 5.88 Å². The Morgan fingerprint density at radius 3 is 2.66 bits per heavy atom. The van der Waals surface area contributed by atoms with Crippen molar-refractivity contribution in [1.29, 1.82) is 0 Å². The Kier molecular flexibility index (Phi) is 5.75. The maximum Gasteiger partial charge on any atom is 0.417 e. The lowest BCUT2D eigenvalue weighted by Gasteiger charge is -2.19. The first-order valence-corrected chi connectivity index (χ1v) is 12.5. The Morgan fingerprint density at radius 1 is 1.11 bits per heavy atom. The van der Waals surface area contributed by atoms with Gasteiger partial charge in [0, 0.05) is 24.2 Å². The van der Waals surface area contributed by atoms with Gasteiger partial charge in [-0.3, -0.25) is 4.90 Å². The number of aromatic nitrogens is 5. The summed E-state index contributed by atoms with van der Waals surface area (Å²) in [6, 6.07) is 5.23. The number of fused-ring (bicyclic) bond motifs is 4. The quantitative estimate of drug-likeness (QED) is 0.316. The monoisotopic (exact) mass is 532 g/mol. The highest BCUT2D eigenvalue weighted by Crippen LogP contribution is 2.43. The van der Waals surface area contributed by atoms with Gasteiger partial charge in [0.15, 0.2) is 11.6 Å². The highest BCUT2D eigenvalue weighted by molar-refractivity contribution is 7.22. The van der Waals surface area contributed by atoms with Crippen molar-refractivity contribution in [3.63, 3.8) is 0 Å². The largest absolute Gasteiger partial charge is 0.480 e. The number of rotatable bonds is 4. The summed E-state index contributed by atoms with van der Waals surface area (Å²) in [6.45, 7) is 3.71. The molecule has 12 heteroatoms. The molecular weight excluding hydrogens is 511 g/mol. The second kappa shape index (κ2) is 9.14. The second-order valence-electron chi connectivity index (χ2n) is 8.81. The molecule has 0 spiro atoms. The van der Waals surface area contributed by atoms with Crippen molar-refractivity contribution in [2.24, 2.45) is 0 Å². The first kappa shape index (κ1) is 23.9. The SMILES string of the molecule is COc1cnc2c(-c3nc4cc(F)c5c(c4s3)C[C@H](OC(=O)N(C)c3cnc(C)nc3)O5)cc(C)cc2n1. The Labute approximate surface area is 220 Å². The van der Waals surface area contributed by atoms with Gasteiger partial charge in [-0.25, -0.2) is 34.1 Å². The third-order valence-corrected chi connectivity index (χ3v) is 7.34. The molecule has 3 aromatic heterocycles. The van der Waals surface area contributed by atoms with Crippen molar-refractivity contribution in [2.75, 3.05) is 19.1 Å². The molecule has 0 saturated carbocycles. The van der Waals surface area contributed by atoms with Crippen LogP contribution in [0.2, 0.25) is 0 Å². The number of hydrogen-bond donors (Lipinski definition) is 0. The third kappa shape index (κ3) is 4.12. The summed E-state index contributed by atoms with van der Waals surface area (Å²) in [7, 11) is 3.08. The number of benzene rings is 2. The first-order chi connectivity index (χ1) is 18.3. The van der Waals surface area contributed by atoms with E-state index in [1.807, 2.05) is 19.1 Å². The number of aryl methyl sites for hydroxylation is 2. The Balaban J connectivity index is 1.32. The minimum absolute atomic E-state index is 0.0606. The molecule has 1 atom stereocenters. The van der Waals surface area contributed by atoms with Crippen LogP contribution < -0.4 is 14.4 Å². The smallest absolute Gasteiger partial charge is 0.417 e. The number of methoxy groups -OCH3 is 1. The van der Waals surface area contributed by atoms with E-state index >= 15 is 4.39 Å². The fraction of sp³-hybridized carbons (Fsp3) is 0.231. The van der Waals surface area contributed by atoms with Crippen LogP contribution in [0.1, 0.15) is 17.0 Å². The molecule has 0 bridgehead atoms. The lowest BCUT2D eigenvalue weighted by atomic mass is 10.1. The Hall–Kier alpha value is -4.45. The number of anilines is 1. The fourth-order valence-corrected chi connectivity index (χ4v) is 5.39. The summed E-state index contributed by atoms with van der Waals surface area (Å²) >= 11 is 1.40. The third-order valence-electron chi connectivity index (χ3n) is 6.17. The molecule has 38 heavy (non-hydrogen) atoms. The number of halogens is 1. The van der Waals surface area contributed by atoms with Crippen LogP contribution in [-0.4, -0.2) is 51.5 Å². The van der Waals surface area contributed by atoms with Gasteiger partial charge in [0.05, 0.1) is 59.1 Å². The number of thiazole rings is 1. The van der Waals surface area contributed by atoms with Crippen LogP contribution in [-0.2, 0) is 11.2 Å². The Morgan fingerprint density at radius 2 is 1.89 bits per heavy atom. The summed E-state index contributed by atoms with van der Waals surface area (Å²) in [5, 5.41) is 0.667. The summed E-state index contributed by atoms with van der Waals surface area (Å²) in [6.07, 6.45) is 3.11. The molecule has 0 aliphatic carbocycles. The molecule has 4 heterocycles. The Bertz CT molecular complexity index is 1730. The van der Waals surface area contributed by atoms with Gasteiger partial charge in [-0.05, 0) is 31.5 Å². The molecule has 0 saturated heterocycles. The van der Waals surface area contributed by atoms with Crippen LogP contribution in [0.25, 0.3) is 31.8 Å². The van der Waals surface area contributed by atoms with Crippen molar-refractivity contribution < 1.29 is 23.4 Å². The van der Waals surface area contributed by atoms with Crippen molar-refractivity contribution in [2.45, 2.75) is 26.6 Å². The highest BCUT2D eigenvalue weighted by Gasteiger charge is 2.33. The van der Waals surface area contributed by atoms with E-state index in [2.05, 4.69) is 19.9 Å². The second-order valence-corrected chi connectivity index (χ2v) is 9.81. The van der Waals surface area contributed by atoms with Crippen LogP contribution in [0, 0.1) is 19.7 Å². The van der Waals surface area contributed by atoms with E-state index < -0.39 is 18.2 Å². The summed E-state index contributed by atoms with van der Waals surface area (Å²) < 4.78 is 32.3. The van der Waals surface area contributed by atoms with Crippen molar-refractivity contribution in [1.82, 2.24) is 24.9 Å². The van der Waals surface area contributed by atoms with Crippen LogP contribution in [0.5, 0.6) is 11.6 Å². The first-order valence-electron chi connectivity index (χ1n) is 11.6. The van der Waals surface area contributed by atoms with E-state index in [9.17, 15) is 4.79 Å². The van der Waals surface area contributed by atoms with Crippen LogP contribution in [0.15, 0.2) is 36.8 Å². The van der Waals surface area contributed by atoms with E-state index in [4.69, 9.17) is 19.2 Å². The van der Waals surface area contributed by atoms with Crippen molar-refractivity contribution >= 4 is 44.4 Å². The van der Waals surface area contributed by atoms with Gasteiger partial charge < -0.3 is 14.2 Å². The number of carbonyl (C=O) groups excluding carboxylic acids is 1. The molecule has 0 unspecified atom stereocenters. The minimum atomic E-state index is -0.991. The molecule has 0 fully saturated rings. The zero-order valence-electron chi connectivity index (χ0n) is 20.9. The van der Waals surface area contributed by atoms with E-state index in [0.29, 0.717) is 44.5 Å². The van der Waals surface area contributed by atoms with Crippen LogP contribution in [0.3, 0.4) is 0 Å². The molecule has 1 aliphatic heterocycles. The summed E-state index contributed by atoms with van der Waals surface area (Å²) in [5.74, 6) is 0.489. The summed E-state index contributed by atoms with van der Waals surface area (Å²) in [4.78, 5) is 35.9. The van der Waals surface area contributed by atoms with E-state index in [0.717, 1.165) is 15.8 Å². The molecule has 5 aromatic rings. The lowest BCUT2D eigenvalue weighted by Crippen LogP contribution is -2.33. The summed E-state index contributed by atoms with van der Waals surface area (Å²) in [5.41, 5.74) is 4.66. The number of carbonyl (C=O) groups is 1. The van der Waals surface area contributed by atoms with Gasteiger partial charge >= 0.3 is 6.09 Å². The van der Waals surface area contributed by atoms with Gasteiger partial charge in [-0.1, -0.05) is 0 Å². The topological polar surface area (TPSA) is 112 Å². The maximum absolute atomic E-state index is 15.0. The van der Waals surface area contributed by atoms with E-state index in [-0.39, 0.29) is 12.2 Å². The highest BCUT2D eigenvalue weighted by atomic mass is 32.1. The molecule has 10 nitrogen and oxygen atoms in total. The molecule has 1 amide bonds. The van der Waals surface area contributed by atoms with Gasteiger partial charge in [-0.2, -0.15) is 0 Å². The predicted octanol–water partition coefficient (Wildman–Crippen LogP) is 5.00. The standard InChI is InChI=1S/C26H21FN6O4S/c1-12-5-15(22-18(6-12)31-20(35-4)11-30-22)25-32-19-8-17(27)23-16(24(19)38-25)7-21(36-23)37-26(34)33(3)14-9-28-13(2)29-10-14/h5-6,8-11,21H,7H2,1-4H3/t21-/m0/s1. The molecule has 0 N–H and O–H groups in total. The van der Waals surface area contributed by atoms with Gasteiger partial charge in [-0.15, -0.1) is 11.3 Å². The van der Waals surface area contributed by atoms with E-state index in [1.54, 1.807) is 13.1 Å². The van der Waals surface area contributed by atoms with E-state index in [1.165, 1.54) is 48.9 Å². The average Bonchev–Trinajstić information content (AvgIpc) is 3.52. The molecule has 192 valence electrons. The van der Waals surface area contributed by atoms with Crippen molar-refractivity contribution in [3.8, 4) is 22.2 Å². The number of amides is 1. The predicted molar refractivity (Wildman–Crippen MR) is 139 cm³/mol. The fourth-order valence-electron chi connectivity index (χ4n) is 4.28. The molecule has 1 aliphatic rings. The lowest BCUT2D eigenvalue weighted by molar-refractivity contribution is -0.0144. The van der Waals surface area contributed by atoms with Crippen molar-refractivity contribution in [3.05, 3.63) is 59.6 Å². The normalized spacial score (nSPS) is 14.4. The zero-order chi connectivity index (χ0) is 26.6. The molecule has 0 radical (unpaired) electrons. The number of hydrogen-bond acceptors (Lipinski definition) is 10. The van der Waals surface area contributed by atoms with Gasteiger partial charge in [0.25, 0.3) is 6.29 Å². The van der Waals surface area contributed by atoms with Gasteiger partial charge in [0.1, 0.15) is 10.8 Å². The number of nitrogens with zero attached hydrogens (tertiary/aromatic N) is 6. The molecule has 2 aromatic carbocycles. The maximum atomic E-state index is 15.0. The average molecular weight is 533 g/mol. The number of ether oxygens (including phenoxy) is 3. The zero-order valence-corrected chi connectivity index (χ0v) is 21.7. The molecule has 6 rings (SSSR count). The molecular formula is C26H21FN6O4S. The van der Waals surface area contributed by atoms with Crippen LogP contribution >= 0.6 is 11.3 Å².